The maximum Gasteiger partial charge on any atom is 0.281 e. The van der Waals surface area contributed by atoms with Crippen LogP contribution in [0.25, 0.3) is 16.7 Å². The van der Waals surface area contributed by atoms with E-state index in [1.165, 1.54) is 16.8 Å². The van der Waals surface area contributed by atoms with Gasteiger partial charge in [-0.3, -0.25) is 14.7 Å². The Morgan fingerprint density at radius 2 is 1.75 bits per heavy atom. The molecule has 0 bridgehead atoms. The largest absolute Gasteiger partial charge is 0.294 e. The molecule has 0 aliphatic heterocycles. The minimum atomic E-state index is -0.311. The fourth-order valence-electron chi connectivity index (χ4n) is 3.97. The molecule has 6 heteroatoms. The Morgan fingerprint density at radius 1 is 1.00 bits per heavy atom. The average molecular weight is 373 g/mol. The van der Waals surface area contributed by atoms with Gasteiger partial charge in [-0.25, -0.2) is 14.1 Å². The van der Waals surface area contributed by atoms with Crippen molar-refractivity contribution in [3.8, 4) is 5.69 Å². The predicted molar refractivity (Wildman–Crippen MR) is 103 cm³/mol. The number of nitrogens with zero attached hydrogens (tertiary/aromatic N) is 2. The maximum absolute atomic E-state index is 13.3. The Hall–Kier alpha value is -3.54. The van der Waals surface area contributed by atoms with Crippen molar-refractivity contribution in [2.75, 3.05) is 0 Å². The quantitative estimate of drug-likeness (QED) is 0.582. The average Bonchev–Trinajstić information content (AvgIpc) is 3.06. The van der Waals surface area contributed by atoms with Crippen molar-refractivity contribution >= 4 is 16.8 Å². The number of carbonyl (C=O) groups is 1. The predicted octanol–water partition coefficient (Wildman–Crippen LogP) is 3.77. The Kier molecular flexibility index (Phi) is 3.72. The molecule has 0 fully saturated rings. The lowest BCUT2D eigenvalue weighted by Crippen LogP contribution is -2.22. The number of hydrogen-bond acceptors (Lipinski definition) is 3. The van der Waals surface area contributed by atoms with Crippen LogP contribution in [0.4, 0.5) is 4.39 Å². The summed E-state index contributed by atoms with van der Waals surface area (Å²) in [6.45, 7) is 0. The van der Waals surface area contributed by atoms with Gasteiger partial charge in [0, 0.05) is 18.2 Å². The number of hydrogen-bond donors (Lipinski definition) is 1. The van der Waals surface area contributed by atoms with Crippen molar-refractivity contribution in [1.29, 1.82) is 0 Å². The first kappa shape index (κ1) is 16.6. The number of carbonyl (C=O) groups excluding carboxylic acids is 1. The summed E-state index contributed by atoms with van der Waals surface area (Å²) in [6, 6.07) is 15.4. The third kappa shape index (κ3) is 2.57. The second-order valence-electron chi connectivity index (χ2n) is 7.04. The van der Waals surface area contributed by atoms with Crippen LogP contribution in [0.1, 0.15) is 33.8 Å². The van der Waals surface area contributed by atoms with Gasteiger partial charge in [0.25, 0.3) is 5.56 Å². The molecule has 1 aliphatic carbocycles. The molecule has 1 N–H and O–H groups in total. The van der Waals surface area contributed by atoms with Crippen molar-refractivity contribution in [3.05, 3.63) is 93.7 Å². The molecular weight excluding hydrogens is 357 g/mol. The van der Waals surface area contributed by atoms with Gasteiger partial charge in [0.05, 0.1) is 11.1 Å². The molecule has 0 unspecified atom stereocenters. The smallest absolute Gasteiger partial charge is 0.281 e. The summed E-state index contributed by atoms with van der Waals surface area (Å²) in [4.78, 5) is 30.2. The first-order valence-electron chi connectivity index (χ1n) is 9.08. The number of ketones is 1. The number of aromatic nitrogens is 3. The van der Waals surface area contributed by atoms with Crippen molar-refractivity contribution < 1.29 is 9.18 Å². The first-order chi connectivity index (χ1) is 13.6. The molecule has 0 amide bonds. The zero-order chi connectivity index (χ0) is 19.3. The number of nitrogens with one attached hydrogen (secondary N) is 1. The molecule has 2 heterocycles. The van der Waals surface area contributed by atoms with Gasteiger partial charge in [-0.1, -0.05) is 30.3 Å². The van der Waals surface area contributed by atoms with Crippen LogP contribution in [0.5, 0.6) is 0 Å². The van der Waals surface area contributed by atoms with Crippen LogP contribution in [-0.2, 0) is 6.42 Å². The molecule has 5 rings (SSSR count). The van der Waals surface area contributed by atoms with Gasteiger partial charge < -0.3 is 0 Å². The highest BCUT2D eigenvalue weighted by Crippen LogP contribution is 2.34. The SMILES string of the molecule is O=C1C[C@@H](c2ccc(F)cc2)Cc2c1cnc1[nH]n(-c3ccccc3)c(=O)c21. The number of aromatic amines is 1. The summed E-state index contributed by atoms with van der Waals surface area (Å²) in [5.74, 6) is -0.447. The standard InChI is InChI=1S/C22H16FN3O2/c23-15-8-6-13(7-9-15)14-10-17-18(19(27)11-14)12-24-21-20(17)22(28)26(25-21)16-4-2-1-3-5-16/h1-9,12,14H,10-11H2,(H,24,25)/t14-/m0/s1. The Balaban J connectivity index is 1.67. The molecule has 0 spiro atoms. The maximum atomic E-state index is 13.3. The molecule has 5 nitrogen and oxygen atoms in total. The van der Waals surface area contributed by atoms with Crippen LogP contribution >= 0.6 is 0 Å². The van der Waals surface area contributed by atoms with E-state index in [0.29, 0.717) is 40.7 Å². The first-order valence-corrected chi connectivity index (χ1v) is 9.08. The van der Waals surface area contributed by atoms with Gasteiger partial charge in [-0.05, 0) is 47.7 Å². The number of rotatable bonds is 2. The molecule has 28 heavy (non-hydrogen) atoms. The topological polar surface area (TPSA) is 67.8 Å². The van der Waals surface area contributed by atoms with E-state index >= 15 is 0 Å². The highest BCUT2D eigenvalue weighted by atomic mass is 19.1. The van der Waals surface area contributed by atoms with E-state index in [-0.39, 0.29) is 23.1 Å². The van der Waals surface area contributed by atoms with Crippen molar-refractivity contribution in [2.24, 2.45) is 0 Å². The summed E-state index contributed by atoms with van der Waals surface area (Å²) >= 11 is 0. The molecule has 0 radical (unpaired) electrons. The van der Waals surface area contributed by atoms with E-state index in [0.717, 1.165) is 5.56 Å². The summed E-state index contributed by atoms with van der Waals surface area (Å²) in [5, 5.41) is 3.49. The molecular formula is C22H16FN3O2. The van der Waals surface area contributed by atoms with Crippen LogP contribution in [-0.4, -0.2) is 20.5 Å². The van der Waals surface area contributed by atoms with Gasteiger partial charge in [0.1, 0.15) is 5.82 Å². The number of H-pyrrole nitrogens is 1. The lowest BCUT2D eigenvalue weighted by molar-refractivity contribution is 0.0964. The van der Waals surface area contributed by atoms with Crippen molar-refractivity contribution in [3.63, 3.8) is 0 Å². The summed E-state index contributed by atoms with van der Waals surface area (Å²) < 4.78 is 14.7. The Morgan fingerprint density at radius 3 is 2.50 bits per heavy atom. The van der Waals surface area contributed by atoms with Gasteiger partial charge in [0.15, 0.2) is 11.4 Å². The number of fused-ring (bicyclic) bond motifs is 3. The molecule has 1 aliphatic rings. The minimum absolute atomic E-state index is 0.0446. The van der Waals surface area contributed by atoms with E-state index in [9.17, 15) is 14.0 Å². The zero-order valence-electron chi connectivity index (χ0n) is 14.9. The summed E-state index contributed by atoms with van der Waals surface area (Å²) in [6.07, 6.45) is 2.41. The van der Waals surface area contributed by atoms with Gasteiger partial charge in [-0.15, -0.1) is 0 Å². The van der Waals surface area contributed by atoms with E-state index in [1.54, 1.807) is 18.3 Å². The van der Waals surface area contributed by atoms with Crippen molar-refractivity contribution in [2.45, 2.75) is 18.8 Å². The summed E-state index contributed by atoms with van der Waals surface area (Å²) in [7, 11) is 0. The van der Waals surface area contributed by atoms with E-state index in [2.05, 4.69) is 10.1 Å². The molecule has 2 aromatic heterocycles. The van der Waals surface area contributed by atoms with E-state index in [4.69, 9.17) is 0 Å². The monoisotopic (exact) mass is 373 g/mol. The lowest BCUT2D eigenvalue weighted by Gasteiger charge is -2.24. The Labute approximate surface area is 159 Å². The van der Waals surface area contributed by atoms with Crippen LogP contribution in [0.15, 0.2) is 65.6 Å². The number of pyridine rings is 1. The van der Waals surface area contributed by atoms with E-state index < -0.39 is 0 Å². The van der Waals surface area contributed by atoms with Crippen LogP contribution in [0, 0.1) is 5.82 Å². The highest BCUT2D eigenvalue weighted by Gasteiger charge is 2.30. The minimum Gasteiger partial charge on any atom is -0.294 e. The third-order valence-electron chi connectivity index (χ3n) is 5.36. The van der Waals surface area contributed by atoms with Crippen LogP contribution in [0.2, 0.25) is 0 Å². The molecule has 4 aromatic rings. The Bertz CT molecular complexity index is 1260. The lowest BCUT2D eigenvalue weighted by atomic mass is 9.79. The van der Waals surface area contributed by atoms with Crippen molar-refractivity contribution in [1.82, 2.24) is 14.8 Å². The number of para-hydroxylation sites is 1. The van der Waals surface area contributed by atoms with Gasteiger partial charge in [0.2, 0.25) is 0 Å². The number of halogens is 1. The fraction of sp³-hybridized carbons (Fsp3) is 0.136. The van der Waals surface area contributed by atoms with E-state index in [1.807, 2.05) is 30.3 Å². The number of benzene rings is 2. The molecule has 0 saturated heterocycles. The number of Topliss-reactive ketones (excluding diaryl/α,β-unsaturated/α-hetero) is 1. The molecule has 2 aromatic carbocycles. The molecule has 138 valence electrons. The normalized spacial score (nSPS) is 16.3. The zero-order valence-corrected chi connectivity index (χ0v) is 14.9. The second-order valence-corrected chi connectivity index (χ2v) is 7.04. The third-order valence-corrected chi connectivity index (χ3v) is 5.36. The van der Waals surface area contributed by atoms with Gasteiger partial charge in [-0.2, -0.15) is 0 Å². The molecule has 0 saturated carbocycles. The summed E-state index contributed by atoms with van der Waals surface area (Å²) in [5.41, 5.74) is 3.05. The van der Waals surface area contributed by atoms with Gasteiger partial charge >= 0.3 is 0 Å². The van der Waals surface area contributed by atoms with Crippen LogP contribution in [0.3, 0.4) is 0 Å². The van der Waals surface area contributed by atoms with Crippen LogP contribution < -0.4 is 5.56 Å². The second kappa shape index (κ2) is 6.27. The molecule has 1 atom stereocenters. The highest BCUT2D eigenvalue weighted by molar-refractivity contribution is 6.02. The fourth-order valence-corrected chi connectivity index (χ4v) is 3.97.